The first-order valence-electron chi connectivity index (χ1n) is 9.98. The molecule has 1 atom stereocenters. The molecule has 2 aromatic carbocycles. The minimum absolute atomic E-state index is 0.00334. The lowest BCUT2D eigenvalue weighted by atomic mass is 9.90. The molecule has 2 aromatic rings. The van der Waals surface area contributed by atoms with Crippen molar-refractivity contribution in [2.75, 3.05) is 0 Å². The number of benzene rings is 2. The summed E-state index contributed by atoms with van der Waals surface area (Å²) in [4.78, 5) is 0. The van der Waals surface area contributed by atoms with E-state index in [-0.39, 0.29) is 6.10 Å². The highest BCUT2D eigenvalue weighted by atomic mass is 28.3. The third-order valence-electron chi connectivity index (χ3n) is 5.88. The van der Waals surface area contributed by atoms with Gasteiger partial charge in [0.2, 0.25) is 0 Å². The summed E-state index contributed by atoms with van der Waals surface area (Å²) in [6, 6.07) is 20.9. The third-order valence-corrected chi connectivity index (χ3v) is 9.93. The molecule has 0 bridgehead atoms. The van der Waals surface area contributed by atoms with Gasteiger partial charge in [0.15, 0.2) is 0 Å². The van der Waals surface area contributed by atoms with E-state index in [1.807, 2.05) is 18.2 Å². The first-order chi connectivity index (χ1) is 13.2. The molecule has 1 saturated heterocycles. The molecule has 1 heterocycles. The number of hydrogen-bond acceptors (Lipinski definition) is 3. The Hall–Kier alpha value is -1.66. The molecule has 0 saturated carbocycles. The van der Waals surface area contributed by atoms with Gasteiger partial charge in [-0.2, -0.15) is 0 Å². The predicted octanol–water partition coefficient (Wildman–Crippen LogP) is 3.90. The minimum Gasteiger partial charge on any atom is -0.406 e. The van der Waals surface area contributed by atoms with Crippen molar-refractivity contribution in [2.45, 2.75) is 58.3 Å². The summed E-state index contributed by atoms with van der Waals surface area (Å²) < 4.78 is 20.2. The van der Waals surface area contributed by atoms with Crippen LogP contribution in [0, 0.1) is 0 Å². The largest absolute Gasteiger partial charge is 0.479 e. The normalized spacial score (nSPS) is 19.4. The summed E-state index contributed by atoms with van der Waals surface area (Å²) in [5, 5.41) is 2.30. The molecule has 0 spiro atoms. The van der Waals surface area contributed by atoms with Gasteiger partial charge in [0.25, 0.3) is 8.19 Å². The average Bonchev–Trinajstić information content (AvgIpc) is 2.89. The summed E-state index contributed by atoms with van der Waals surface area (Å²) in [6.07, 6.45) is 2.68. The van der Waals surface area contributed by atoms with Gasteiger partial charge in [0.1, 0.15) is 0 Å². The maximum Gasteiger partial charge on any atom is 0.479 e. The van der Waals surface area contributed by atoms with Crippen LogP contribution in [-0.2, 0) is 13.7 Å². The Morgan fingerprint density at radius 2 is 1.36 bits per heavy atom. The second-order valence-corrected chi connectivity index (χ2v) is 11.8. The van der Waals surface area contributed by atoms with E-state index in [0.29, 0.717) is 0 Å². The quantitative estimate of drug-likeness (QED) is 0.527. The first kappa shape index (κ1) is 21.1. The summed E-state index contributed by atoms with van der Waals surface area (Å²) in [5.74, 6) is 0. The van der Waals surface area contributed by atoms with E-state index < -0.39 is 26.1 Å². The van der Waals surface area contributed by atoms with E-state index in [2.05, 4.69) is 89.7 Å². The summed E-state index contributed by atoms with van der Waals surface area (Å²) in [6.45, 7) is 13.9. The van der Waals surface area contributed by atoms with E-state index in [4.69, 9.17) is 13.7 Å². The van der Waals surface area contributed by atoms with Gasteiger partial charge in [-0.3, -0.25) is 0 Å². The molecule has 0 aliphatic carbocycles. The third kappa shape index (κ3) is 3.77. The van der Waals surface area contributed by atoms with Crippen molar-refractivity contribution in [3.8, 4) is 0 Å². The van der Waals surface area contributed by atoms with E-state index in [1.54, 1.807) is 0 Å². The smallest absolute Gasteiger partial charge is 0.406 e. The molecule has 3 rings (SSSR count). The first-order valence-corrected chi connectivity index (χ1v) is 12.0. The monoisotopic (exact) mass is 394 g/mol. The zero-order chi connectivity index (χ0) is 20.4. The Labute approximate surface area is 170 Å². The summed E-state index contributed by atoms with van der Waals surface area (Å²) >= 11 is 0. The molecule has 28 heavy (non-hydrogen) atoms. The molecule has 3 nitrogen and oxygen atoms in total. The molecule has 148 valence electrons. The van der Waals surface area contributed by atoms with Gasteiger partial charge in [-0.05, 0) is 51.4 Å². The van der Waals surface area contributed by atoms with E-state index in [0.717, 1.165) is 16.8 Å². The number of rotatable bonds is 7. The molecule has 1 unspecified atom stereocenters. The van der Waals surface area contributed by atoms with E-state index >= 15 is 0 Å². The van der Waals surface area contributed by atoms with Crippen LogP contribution in [0.5, 0.6) is 0 Å². The number of hydrogen-bond donors (Lipinski definition) is 0. The van der Waals surface area contributed by atoms with Gasteiger partial charge in [0, 0.05) is 6.10 Å². The van der Waals surface area contributed by atoms with Crippen molar-refractivity contribution in [3.63, 3.8) is 0 Å². The van der Waals surface area contributed by atoms with Crippen LogP contribution in [0.3, 0.4) is 0 Å². The molecule has 1 aliphatic heterocycles. The average molecular weight is 394 g/mol. The van der Waals surface area contributed by atoms with Gasteiger partial charge in [0.05, 0.1) is 11.2 Å². The molecule has 1 aliphatic rings. The van der Waals surface area contributed by atoms with Crippen LogP contribution in [0.4, 0.5) is 0 Å². The molecule has 0 aromatic heterocycles. The zero-order valence-corrected chi connectivity index (χ0v) is 18.6. The van der Waals surface area contributed by atoms with Gasteiger partial charge < -0.3 is 13.7 Å². The maximum atomic E-state index is 6.94. The van der Waals surface area contributed by atoms with Crippen LogP contribution in [0.1, 0.15) is 41.0 Å². The van der Waals surface area contributed by atoms with Crippen LogP contribution < -0.4 is 10.4 Å². The van der Waals surface area contributed by atoms with Gasteiger partial charge >= 0.3 is 6.71 Å². The maximum absolute atomic E-state index is 6.94. The Balaban J connectivity index is 2.20. The highest BCUT2D eigenvalue weighted by molar-refractivity contribution is 7.37. The minimum atomic E-state index is -2.88. The van der Waals surface area contributed by atoms with Crippen LogP contribution in [0.2, 0.25) is 0 Å². The summed E-state index contributed by atoms with van der Waals surface area (Å²) in [7, 11) is -2.88. The fourth-order valence-corrected chi connectivity index (χ4v) is 7.90. The lowest BCUT2D eigenvalue weighted by Gasteiger charge is -2.36. The second kappa shape index (κ2) is 7.99. The van der Waals surface area contributed by atoms with Crippen molar-refractivity contribution < 1.29 is 13.7 Å². The topological polar surface area (TPSA) is 27.7 Å². The SMILES string of the molecule is C=CCC(C)O[Si](B1OC(C)(C)C(C)(C)O1)(c1ccccc1)c1ccccc1. The van der Waals surface area contributed by atoms with Gasteiger partial charge in [-0.15, -0.1) is 6.58 Å². The molecular formula is C23H31BO3Si. The molecular weight excluding hydrogens is 363 g/mol. The highest BCUT2D eigenvalue weighted by Crippen LogP contribution is 2.39. The van der Waals surface area contributed by atoms with Crippen molar-refractivity contribution in [1.82, 2.24) is 0 Å². The van der Waals surface area contributed by atoms with E-state index in [9.17, 15) is 0 Å². The van der Waals surface area contributed by atoms with Crippen LogP contribution >= 0.6 is 0 Å². The van der Waals surface area contributed by atoms with Crippen LogP contribution in [0.25, 0.3) is 0 Å². The lowest BCUT2D eigenvalue weighted by molar-refractivity contribution is 0.00578. The van der Waals surface area contributed by atoms with E-state index in [1.165, 1.54) is 0 Å². The fourth-order valence-electron chi connectivity index (χ4n) is 3.61. The predicted molar refractivity (Wildman–Crippen MR) is 119 cm³/mol. The Bertz CT molecular complexity index is 737. The second-order valence-electron chi connectivity index (χ2n) is 8.51. The Kier molecular flexibility index (Phi) is 6.01. The standard InChI is InChI=1S/C23H31BO3Si/c1-7-14-19(2)25-28(20-15-10-8-11-16-20,21-17-12-9-13-18-21)24-26-22(3,4)23(5,6)27-24/h7-13,15-19H,1,14H2,2-6H3. The van der Waals surface area contributed by atoms with Crippen LogP contribution in [-0.4, -0.2) is 32.2 Å². The van der Waals surface area contributed by atoms with Crippen molar-refractivity contribution in [2.24, 2.45) is 0 Å². The molecule has 0 amide bonds. The lowest BCUT2D eigenvalue weighted by Crippen LogP contribution is -2.73. The van der Waals surface area contributed by atoms with Gasteiger partial charge in [-0.1, -0.05) is 66.7 Å². The Morgan fingerprint density at radius 3 is 1.75 bits per heavy atom. The van der Waals surface area contributed by atoms with Crippen molar-refractivity contribution in [1.29, 1.82) is 0 Å². The Morgan fingerprint density at radius 1 is 0.929 bits per heavy atom. The van der Waals surface area contributed by atoms with Gasteiger partial charge in [-0.25, -0.2) is 0 Å². The van der Waals surface area contributed by atoms with Crippen molar-refractivity contribution in [3.05, 3.63) is 73.3 Å². The zero-order valence-electron chi connectivity index (χ0n) is 17.6. The summed E-state index contributed by atoms with van der Waals surface area (Å²) in [5.41, 5.74) is -0.852. The van der Waals surface area contributed by atoms with Crippen molar-refractivity contribution >= 4 is 25.3 Å². The molecule has 1 fully saturated rings. The van der Waals surface area contributed by atoms with Crippen LogP contribution in [0.15, 0.2) is 73.3 Å². The molecule has 0 N–H and O–H groups in total. The molecule has 5 heteroatoms. The highest BCUT2D eigenvalue weighted by Gasteiger charge is 2.64. The molecule has 0 radical (unpaired) electrons. The fraction of sp³-hybridized carbons (Fsp3) is 0.391.